The van der Waals surface area contributed by atoms with Crippen molar-refractivity contribution >= 4 is 5.91 Å². The summed E-state index contributed by atoms with van der Waals surface area (Å²) in [7, 11) is 0. The van der Waals surface area contributed by atoms with Gasteiger partial charge in [0, 0.05) is 0 Å². The van der Waals surface area contributed by atoms with Crippen LogP contribution in [0, 0.1) is 0 Å². The van der Waals surface area contributed by atoms with E-state index in [1.54, 1.807) is 0 Å². The molecule has 0 bridgehead atoms. The fourth-order valence-electron chi connectivity index (χ4n) is 2.93. The SMILES string of the molecule is CC[C@H]1O[C@@H](n2cnc(C(N)=O)c2O)[C@@H]2OC(C)(C)O[C@@H]21. The van der Waals surface area contributed by atoms with Gasteiger partial charge in [0.15, 0.2) is 17.7 Å². The summed E-state index contributed by atoms with van der Waals surface area (Å²) in [6, 6.07) is 0. The maximum atomic E-state index is 11.2. The van der Waals surface area contributed by atoms with Crippen LogP contribution in [0.1, 0.15) is 43.9 Å². The number of imidazole rings is 1. The highest BCUT2D eigenvalue weighted by Crippen LogP contribution is 2.45. The molecule has 2 fully saturated rings. The largest absolute Gasteiger partial charge is 0.493 e. The normalized spacial score (nSPS) is 34.0. The van der Waals surface area contributed by atoms with Gasteiger partial charge in [0.2, 0.25) is 5.88 Å². The first-order chi connectivity index (χ1) is 9.84. The number of hydrogen-bond acceptors (Lipinski definition) is 6. The topological polar surface area (TPSA) is 109 Å². The molecule has 0 radical (unpaired) electrons. The van der Waals surface area contributed by atoms with Crippen molar-refractivity contribution in [2.45, 2.75) is 57.5 Å². The highest BCUT2D eigenvalue weighted by Gasteiger charge is 2.55. The summed E-state index contributed by atoms with van der Waals surface area (Å²) < 4.78 is 19.0. The number of aromatic nitrogens is 2. The molecule has 3 rings (SSSR count). The van der Waals surface area contributed by atoms with Gasteiger partial charge >= 0.3 is 0 Å². The molecule has 0 saturated carbocycles. The molecule has 2 saturated heterocycles. The number of rotatable bonds is 3. The molecule has 1 aromatic rings. The third-order valence-electron chi connectivity index (χ3n) is 3.80. The van der Waals surface area contributed by atoms with Crippen LogP contribution in [-0.4, -0.2) is 44.7 Å². The smallest absolute Gasteiger partial charge is 0.272 e. The van der Waals surface area contributed by atoms with Crippen molar-refractivity contribution in [2.75, 3.05) is 0 Å². The summed E-state index contributed by atoms with van der Waals surface area (Å²) in [4.78, 5) is 15.0. The fourth-order valence-corrected chi connectivity index (χ4v) is 2.93. The number of aromatic hydroxyl groups is 1. The van der Waals surface area contributed by atoms with E-state index in [9.17, 15) is 9.90 Å². The number of hydrogen-bond donors (Lipinski definition) is 2. The number of amides is 1. The van der Waals surface area contributed by atoms with E-state index in [1.165, 1.54) is 10.9 Å². The van der Waals surface area contributed by atoms with Crippen LogP contribution in [0.5, 0.6) is 5.88 Å². The van der Waals surface area contributed by atoms with Gasteiger partial charge in [0.05, 0.1) is 6.10 Å². The average Bonchev–Trinajstić information content (AvgIpc) is 3.00. The molecule has 3 heterocycles. The van der Waals surface area contributed by atoms with Crippen LogP contribution in [-0.2, 0) is 14.2 Å². The zero-order chi connectivity index (χ0) is 15.4. The Morgan fingerprint density at radius 1 is 1.48 bits per heavy atom. The highest BCUT2D eigenvalue weighted by molar-refractivity contribution is 5.92. The van der Waals surface area contributed by atoms with E-state index in [-0.39, 0.29) is 29.9 Å². The van der Waals surface area contributed by atoms with E-state index < -0.39 is 17.9 Å². The Labute approximate surface area is 121 Å². The molecular weight excluding hydrogens is 278 g/mol. The minimum Gasteiger partial charge on any atom is -0.493 e. The number of primary amides is 1. The zero-order valence-electron chi connectivity index (χ0n) is 12.1. The lowest BCUT2D eigenvalue weighted by molar-refractivity contribution is -0.197. The van der Waals surface area contributed by atoms with Crippen LogP contribution in [0.3, 0.4) is 0 Å². The Morgan fingerprint density at radius 2 is 2.14 bits per heavy atom. The van der Waals surface area contributed by atoms with Crippen LogP contribution < -0.4 is 5.73 Å². The van der Waals surface area contributed by atoms with Gasteiger partial charge in [-0.05, 0) is 20.3 Å². The maximum absolute atomic E-state index is 11.2. The van der Waals surface area contributed by atoms with Gasteiger partial charge in [0.25, 0.3) is 5.91 Å². The van der Waals surface area contributed by atoms with Crippen molar-refractivity contribution in [2.24, 2.45) is 5.73 Å². The third-order valence-corrected chi connectivity index (χ3v) is 3.80. The first-order valence-corrected chi connectivity index (χ1v) is 6.90. The van der Waals surface area contributed by atoms with Crippen molar-refractivity contribution in [3.8, 4) is 5.88 Å². The van der Waals surface area contributed by atoms with Crippen LogP contribution in [0.15, 0.2) is 6.33 Å². The number of nitrogens with two attached hydrogens (primary N) is 1. The summed E-state index contributed by atoms with van der Waals surface area (Å²) in [5.41, 5.74) is 4.97. The second-order valence-electron chi connectivity index (χ2n) is 5.73. The molecular formula is C13H19N3O5. The molecule has 8 heteroatoms. The average molecular weight is 297 g/mol. The van der Waals surface area contributed by atoms with Gasteiger partial charge in [0.1, 0.15) is 18.5 Å². The van der Waals surface area contributed by atoms with Crippen LogP contribution in [0.25, 0.3) is 0 Å². The summed E-state index contributed by atoms with van der Waals surface area (Å²) in [5.74, 6) is -1.83. The summed E-state index contributed by atoms with van der Waals surface area (Å²) >= 11 is 0. The molecule has 8 nitrogen and oxygen atoms in total. The van der Waals surface area contributed by atoms with Gasteiger partial charge in [-0.3, -0.25) is 9.36 Å². The first-order valence-electron chi connectivity index (χ1n) is 6.90. The molecule has 1 aromatic heterocycles. The van der Waals surface area contributed by atoms with E-state index in [4.69, 9.17) is 19.9 Å². The predicted octanol–water partition coefficient (Wildman–Crippen LogP) is 0.515. The third kappa shape index (κ3) is 2.19. The number of ether oxygens (including phenoxy) is 3. The summed E-state index contributed by atoms with van der Waals surface area (Å²) in [5, 5.41) is 10.1. The lowest BCUT2D eigenvalue weighted by Crippen LogP contribution is -2.28. The molecule has 2 aliphatic rings. The Balaban J connectivity index is 1.94. The van der Waals surface area contributed by atoms with Crippen molar-refractivity contribution in [1.82, 2.24) is 9.55 Å². The van der Waals surface area contributed by atoms with Crippen LogP contribution in [0.4, 0.5) is 0 Å². The fraction of sp³-hybridized carbons (Fsp3) is 0.692. The summed E-state index contributed by atoms with van der Waals surface area (Å²) in [6.07, 6.45) is 0.696. The molecule has 4 atom stereocenters. The molecule has 2 aliphatic heterocycles. The standard InChI is InChI=1S/C13H19N3O5/c1-4-6-8-9(21-13(2,3)20-8)12(19-6)16-5-15-7(10(14)17)11(16)18/h5-6,8-9,12,18H,4H2,1-3H3,(H2,14,17)/t6-,8-,9-,12-/m1/s1. The monoisotopic (exact) mass is 297 g/mol. The van der Waals surface area contributed by atoms with Crippen LogP contribution >= 0.6 is 0 Å². The highest BCUT2D eigenvalue weighted by atomic mass is 16.8. The Morgan fingerprint density at radius 3 is 2.71 bits per heavy atom. The Hall–Kier alpha value is -1.64. The van der Waals surface area contributed by atoms with Crippen molar-refractivity contribution in [1.29, 1.82) is 0 Å². The van der Waals surface area contributed by atoms with Crippen LogP contribution in [0.2, 0.25) is 0 Å². The van der Waals surface area contributed by atoms with Crippen molar-refractivity contribution < 1.29 is 24.1 Å². The minimum absolute atomic E-state index is 0.152. The lowest BCUT2D eigenvalue weighted by Gasteiger charge is -2.24. The number of carbonyl (C=O) groups is 1. The van der Waals surface area contributed by atoms with Crippen molar-refractivity contribution in [3.05, 3.63) is 12.0 Å². The number of fused-ring (bicyclic) bond motifs is 1. The molecule has 21 heavy (non-hydrogen) atoms. The minimum atomic E-state index is -0.795. The Bertz CT molecular complexity index is 570. The first kappa shape index (κ1) is 14.3. The summed E-state index contributed by atoms with van der Waals surface area (Å²) in [6.45, 7) is 5.65. The quantitative estimate of drug-likeness (QED) is 0.841. The Kier molecular flexibility index (Phi) is 3.19. The van der Waals surface area contributed by atoms with Gasteiger partial charge < -0.3 is 25.1 Å². The van der Waals surface area contributed by atoms with E-state index >= 15 is 0 Å². The second-order valence-corrected chi connectivity index (χ2v) is 5.73. The van der Waals surface area contributed by atoms with Crippen molar-refractivity contribution in [3.63, 3.8) is 0 Å². The number of carbonyl (C=O) groups excluding carboxylic acids is 1. The molecule has 0 aromatic carbocycles. The molecule has 3 N–H and O–H groups in total. The van der Waals surface area contributed by atoms with E-state index in [0.717, 1.165) is 6.42 Å². The molecule has 116 valence electrons. The number of nitrogens with zero attached hydrogens (tertiary/aromatic N) is 2. The molecule has 1 amide bonds. The van der Waals surface area contributed by atoms with E-state index in [1.807, 2.05) is 20.8 Å². The van der Waals surface area contributed by atoms with Gasteiger partial charge in [-0.25, -0.2) is 4.98 Å². The molecule has 0 unspecified atom stereocenters. The molecule has 0 spiro atoms. The van der Waals surface area contributed by atoms with Gasteiger partial charge in [-0.2, -0.15) is 0 Å². The van der Waals surface area contributed by atoms with E-state index in [0.29, 0.717) is 0 Å². The predicted molar refractivity (Wildman–Crippen MR) is 70.4 cm³/mol. The second kappa shape index (κ2) is 4.69. The molecule has 0 aliphatic carbocycles. The zero-order valence-corrected chi connectivity index (χ0v) is 12.1. The lowest BCUT2D eigenvalue weighted by atomic mass is 10.1. The van der Waals surface area contributed by atoms with E-state index in [2.05, 4.69) is 4.98 Å². The van der Waals surface area contributed by atoms with Gasteiger partial charge in [-0.15, -0.1) is 0 Å². The van der Waals surface area contributed by atoms with Gasteiger partial charge in [-0.1, -0.05) is 6.92 Å². The maximum Gasteiger partial charge on any atom is 0.272 e.